The highest BCUT2D eigenvalue weighted by atomic mass is 16.3. The Balaban J connectivity index is 1.83. The number of hydrogen-bond acceptors (Lipinski definition) is 3. The van der Waals surface area contributed by atoms with Crippen LogP contribution >= 0.6 is 0 Å². The first-order valence-electron chi connectivity index (χ1n) is 6.99. The minimum absolute atomic E-state index is 0.0847. The smallest absolute Gasteiger partial charge is 0.273 e. The quantitative estimate of drug-likeness (QED) is 0.756. The molecular formula is C17H18N2O3. The molecule has 0 fully saturated rings. The minimum atomic E-state index is -0.547. The Hall–Kier alpha value is -2.82. The first kappa shape index (κ1) is 15.6. The lowest BCUT2D eigenvalue weighted by Crippen LogP contribution is -2.41. The molecule has 0 spiro atoms. The zero-order chi connectivity index (χ0) is 15.9. The number of rotatable bonds is 4. The molecule has 0 radical (unpaired) electrons. The number of aromatic hydroxyl groups is 1. The highest BCUT2D eigenvalue weighted by Crippen LogP contribution is 2.20. The van der Waals surface area contributed by atoms with E-state index in [2.05, 4.69) is 10.9 Å². The molecule has 5 nitrogen and oxygen atoms in total. The molecule has 0 aliphatic rings. The summed E-state index contributed by atoms with van der Waals surface area (Å²) in [5.41, 5.74) is 6.44. The monoisotopic (exact) mass is 298 g/mol. The summed E-state index contributed by atoms with van der Waals surface area (Å²) >= 11 is 0. The van der Waals surface area contributed by atoms with Crippen molar-refractivity contribution in [3.05, 3.63) is 65.2 Å². The van der Waals surface area contributed by atoms with Crippen molar-refractivity contribution >= 4 is 11.8 Å². The summed E-state index contributed by atoms with van der Waals surface area (Å²) in [7, 11) is 0. The molecule has 2 aromatic rings. The fourth-order valence-corrected chi connectivity index (χ4v) is 2.00. The van der Waals surface area contributed by atoms with Crippen LogP contribution in [0.1, 0.15) is 27.9 Å². The zero-order valence-corrected chi connectivity index (χ0v) is 12.3. The van der Waals surface area contributed by atoms with Crippen molar-refractivity contribution < 1.29 is 14.7 Å². The third kappa shape index (κ3) is 4.09. The maximum absolute atomic E-state index is 11.9. The summed E-state index contributed by atoms with van der Waals surface area (Å²) < 4.78 is 0. The van der Waals surface area contributed by atoms with Gasteiger partial charge in [-0.15, -0.1) is 0 Å². The number of aryl methyl sites for hydroxylation is 2. The van der Waals surface area contributed by atoms with Gasteiger partial charge >= 0.3 is 0 Å². The summed E-state index contributed by atoms with van der Waals surface area (Å²) in [5, 5.41) is 9.81. The van der Waals surface area contributed by atoms with E-state index in [4.69, 9.17) is 0 Å². The van der Waals surface area contributed by atoms with Gasteiger partial charge in [-0.1, -0.05) is 42.5 Å². The maximum atomic E-state index is 11.9. The molecule has 0 saturated heterocycles. The van der Waals surface area contributed by atoms with E-state index >= 15 is 0 Å². The second kappa shape index (κ2) is 7.26. The summed E-state index contributed by atoms with van der Waals surface area (Å²) in [6.45, 7) is 1.70. The lowest BCUT2D eigenvalue weighted by atomic mass is 10.1. The largest absolute Gasteiger partial charge is 0.507 e. The number of hydrazine groups is 1. The standard InChI is InChI=1S/C17H18N2O3/c1-12-6-5-9-14(16(12)21)17(22)19-18-15(20)11-10-13-7-3-2-4-8-13/h2-9,21H,10-11H2,1H3,(H,18,20)(H,19,22). The van der Waals surface area contributed by atoms with Crippen LogP contribution in [0.2, 0.25) is 0 Å². The molecule has 0 aliphatic carbocycles. The predicted octanol–water partition coefficient (Wildman–Crippen LogP) is 2.09. The number of nitrogens with one attached hydrogen (secondary N) is 2. The fourth-order valence-electron chi connectivity index (χ4n) is 2.00. The average molecular weight is 298 g/mol. The molecular weight excluding hydrogens is 280 g/mol. The lowest BCUT2D eigenvalue weighted by molar-refractivity contribution is -0.121. The third-order valence-electron chi connectivity index (χ3n) is 3.28. The van der Waals surface area contributed by atoms with Crippen LogP contribution in [0.5, 0.6) is 5.75 Å². The van der Waals surface area contributed by atoms with Crippen molar-refractivity contribution in [2.45, 2.75) is 19.8 Å². The first-order chi connectivity index (χ1) is 10.6. The molecule has 0 saturated carbocycles. The number of amides is 2. The molecule has 2 rings (SSSR count). The van der Waals surface area contributed by atoms with Crippen LogP contribution < -0.4 is 10.9 Å². The van der Waals surface area contributed by atoms with Gasteiger partial charge in [0.25, 0.3) is 5.91 Å². The molecule has 2 aromatic carbocycles. The number of phenols is 1. The fraction of sp³-hybridized carbons (Fsp3) is 0.176. The lowest BCUT2D eigenvalue weighted by Gasteiger charge is -2.09. The molecule has 0 aliphatic heterocycles. The van der Waals surface area contributed by atoms with E-state index in [0.29, 0.717) is 12.0 Å². The van der Waals surface area contributed by atoms with Crippen LogP contribution in [0.4, 0.5) is 0 Å². The van der Waals surface area contributed by atoms with Crippen molar-refractivity contribution in [3.63, 3.8) is 0 Å². The predicted molar refractivity (Wildman–Crippen MR) is 83.2 cm³/mol. The van der Waals surface area contributed by atoms with E-state index in [0.717, 1.165) is 5.56 Å². The molecule has 22 heavy (non-hydrogen) atoms. The molecule has 2 amide bonds. The van der Waals surface area contributed by atoms with Gasteiger partial charge in [0.2, 0.25) is 5.91 Å². The third-order valence-corrected chi connectivity index (χ3v) is 3.28. The Morgan fingerprint density at radius 2 is 1.73 bits per heavy atom. The first-order valence-corrected chi connectivity index (χ1v) is 6.99. The maximum Gasteiger partial charge on any atom is 0.273 e. The summed E-state index contributed by atoms with van der Waals surface area (Å²) in [6, 6.07) is 14.5. The Labute approximate surface area is 129 Å². The van der Waals surface area contributed by atoms with E-state index in [1.165, 1.54) is 6.07 Å². The van der Waals surface area contributed by atoms with Crippen LogP contribution in [0.3, 0.4) is 0 Å². The average Bonchev–Trinajstić information content (AvgIpc) is 2.54. The van der Waals surface area contributed by atoms with Crippen LogP contribution in [0.25, 0.3) is 0 Å². The van der Waals surface area contributed by atoms with Crippen LogP contribution in [0, 0.1) is 6.92 Å². The number of benzene rings is 2. The molecule has 3 N–H and O–H groups in total. The Bertz CT molecular complexity index is 669. The van der Waals surface area contributed by atoms with Gasteiger partial charge in [0.1, 0.15) is 5.75 Å². The molecule has 114 valence electrons. The number of phenolic OH excluding ortho intramolecular Hbond substituents is 1. The van der Waals surface area contributed by atoms with Crippen molar-refractivity contribution in [1.82, 2.24) is 10.9 Å². The Morgan fingerprint density at radius 3 is 2.45 bits per heavy atom. The topological polar surface area (TPSA) is 78.4 Å². The Morgan fingerprint density at radius 1 is 1.00 bits per heavy atom. The molecule has 5 heteroatoms. The van der Waals surface area contributed by atoms with Crippen molar-refractivity contribution in [2.75, 3.05) is 0 Å². The normalized spacial score (nSPS) is 10.0. The van der Waals surface area contributed by atoms with Crippen LogP contribution in [-0.4, -0.2) is 16.9 Å². The van der Waals surface area contributed by atoms with E-state index in [1.54, 1.807) is 19.1 Å². The van der Waals surface area contributed by atoms with E-state index in [9.17, 15) is 14.7 Å². The highest BCUT2D eigenvalue weighted by Gasteiger charge is 2.13. The van der Waals surface area contributed by atoms with Gasteiger partial charge in [0, 0.05) is 6.42 Å². The van der Waals surface area contributed by atoms with Gasteiger partial charge in [0.15, 0.2) is 0 Å². The van der Waals surface area contributed by atoms with Gasteiger partial charge in [-0.2, -0.15) is 0 Å². The summed E-state index contributed by atoms with van der Waals surface area (Å²) in [5.74, 6) is -0.919. The van der Waals surface area contributed by atoms with Gasteiger partial charge in [-0.05, 0) is 30.5 Å². The van der Waals surface area contributed by atoms with Crippen LogP contribution in [0.15, 0.2) is 48.5 Å². The number of carbonyl (C=O) groups excluding carboxylic acids is 2. The van der Waals surface area contributed by atoms with Gasteiger partial charge in [0.05, 0.1) is 5.56 Å². The van der Waals surface area contributed by atoms with E-state index in [1.807, 2.05) is 30.3 Å². The molecule has 0 unspecified atom stereocenters. The van der Waals surface area contributed by atoms with Gasteiger partial charge < -0.3 is 5.11 Å². The summed E-state index contributed by atoms with van der Waals surface area (Å²) in [4.78, 5) is 23.6. The molecule has 0 bridgehead atoms. The van der Waals surface area contributed by atoms with Gasteiger partial charge in [-0.25, -0.2) is 0 Å². The van der Waals surface area contributed by atoms with Crippen molar-refractivity contribution in [1.29, 1.82) is 0 Å². The second-order valence-electron chi connectivity index (χ2n) is 4.96. The minimum Gasteiger partial charge on any atom is -0.507 e. The SMILES string of the molecule is Cc1cccc(C(=O)NNC(=O)CCc2ccccc2)c1O. The van der Waals surface area contributed by atoms with Gasteiger partial charge in [-0.3, -0.25) is 20.4 Å². The van der Waals surface area contributed by atoms with E-state index in [-0.39, 0.29) is 23.6 Å². The number of carbonyl (C=O) groups is 2. The van der Waals surface area contributed by atoms with Crippen molar-refractivity contribution in [2.24, 2.45) is 0 Å². The van der Waals surface area contributed by atoms with Crippen LogP contribution in [-0.2, 0) is 11.2 Å². The van der Waals surface area contributed by atoms with Crippen molar-refractivity contribution in [3.8, 4) is 5.75 Å². The molecule has 0 atom stereocenters. The molecule has 0 heterocycles. The zero-order valence-electron chi connectivity index (χ0n) is 12.3. The number of hydrogen-bond donors (Lipinski definition) is 3. The van der Waals surface area contributed by atoms with E-state index < -0.39 is 5.91 Å². The number of para-hydroxylation sites is 1. The highest BCUT2D eigenvalue weighted by molar-refractivity contribution is 5.98. The molecule has 0 aromatic heterocycles. The Kier molecular flexibility index (Phi) is 5.14. The summed E-state index contributed by atoms with van der Waals surface area (Å²) in [6.07, 6.45) is 0.863. The second-order valence-corrected chi connectivity index (χ2v) is 4.96.